The molecular weight excluding hydrogens is 354 g/mol. The van der Waals surface area contributed by atoms with Crippen molar-refractivity contribution < 1.29 is 14.4 Å². The molecule has 1 atom stereocenters. The van der Waals surface area contributed by atoms with Crippen LogP contribution in [0.25, 0.3) is 0 Å². The molecule has 1 aromatic rings. The summed E-state index contributed by atoms with van der Waals surface area (Å²) in [5.74, 6) is -0.701. The van der Waals surface area contributed by atoms with E-state index in [2.05, 4.69) is 31.4 Å². The van der Waals surface area contributed by atoms with Crippen LogP contribution in [0.2, 0.25) is 0 Å². The highest BCUT2D eigenvalue weighted by atomic mass is 16.2. The predicted octanol–water partition coefficient (Wildman–Crippen LogP) is 3.56. The summed E-state index contributed by atoms with van der Waals surface area (Å²) < 4.78 is 0. The second-order valence-electron chi connectivity index (χ2n) is 9.51. The van der Waals surface area contributed by atoms with E-state index in [1.807, 2.05) is 51.1 Å². The molecule has 28 heavy (non-hydrogen) atoms. The summed E-state index contributed by atoms with van der Waals surface area (Å²) >= 11 is 0. The zero-order valence-electron chi connectivity index (χ0n) is 17.9. The maximum Gasteiger partial charge on any atom is 0.325 e. The third-order valence-corrected chi connectivity index (χ3v) is 4.82. The van der Waals surface area contributed by atoms with E-state index in [1.165, 1.54) is 0 Å². The molecule has 1 aromatic carbocycles. The number of benzene rings is 1. The van der Waals surface area contributed by atoms with Gasteiger partial charge in [-0.1, -0.05) is 64.4 Å². The lowest BCUT2D eigenvalue weighted by atomic mass is 9.82. The number of hydrogen-bond donors (Lipinski definition) is 2. The quantitative estimate of drug-likeness (QED) is 0.702. The average molecular weight is 388 g/mol. The van der Waals surface area contributed by atoms with Gasteiger partial charge in [-0.2, -0.15) is 0 Å². The minimum absolute atomic E-state index is 0.0429. The summed E-state index contributed by atoms with van der Waals surface area (Å²) in [6, 6.07) is 8.71. The fourth-order valence-corrected chi connectivity index (χ4v) is 4.31. The van der Waals surface area contributed by atoms with E-state index >= 15 is 0 Å². The maximum absolute atomic E-state index is 13.2. The van der Waals surface area contributed by atoms with Crippen LogP contribution in [0.5, 0.6) is 0 Å². The van der Waals surface area contributed by atoms with Gasteiger partial charge in [0, 0.05) is 5.54 Å². The van der Waals surface area contributed by atoms with Crippen LogP contribution in [0.1, 0.15) is 66.4 Å². The lowest BCUT2D eigenvalue weighted by molar-refractivity contribution is -0.136. The number of amides is 4. The van der Waals surface area contributed by atoms with Crippen molar-refractivity contribution in [2.45, 2.75) is 71.9 Å². The molecule has 0 radical (unpaired) electrons. The molecule has 2 N–H and O–H groups in total. The molecule has 0 bridgehead atoms. The molecule has 1 fully saturated rings. The Hall–Kier alpha value is -2.37. The predicted molar refractivity (Wildman–Crippen MR) is 110 cm³/mol. The fourth-order valence-electron chi connectivity index (χ4n) is 4.31. The highest BCUT2D eigenvalue weighted by Crippen LogP contribution is 2.33. The molecule has 0 aliphatic carbocycles. The van der Waals surface area contributed by atoms with Gasteiger partial charge in [0.2, 0.25) is 5.91 Å². The van der Waals surface area contributed by atoms with Gasteiger partial charge in [-0.25, -0.2) is 4.79 Å². The van der Waals surface area contributed by atoms with Gasteiger partial charge < -0.3 is 10.6 Å². The molecule has 0 aromatic heterocycles. The van der Waals surface area contributed by atoms with Crippen LogP contribution in [-0.4, -0.2) is 34.8 Å². The van der Waals surface area contributed by atoms with Crippen molar-refractivity contribution in [1.82, 2.24) is 15.5 Å². The van der Waals surface area contributed by atoms with Crippen LogP contribution in [0, 0.1) is 5.41 Å². The van der Waals surface area contributed by atoms with Crippen molar-refractivity contribution in [1.29, 1.82) is 0 Å². The first-order valence-corrected chi connectivity index (χ1v) is 9.91. The SMILES string of the molecule is CCC[C@@]1(c2ccccc2)NC(=O)N(CC(=O)NC(C)(C)CC(C)(C)C)C1=O. The van der Waals surface area contributed by atoms with Gasteiger partial charge in [0.15, 0.2) is 0 Å². The minimum Gasteiger partial charge on any atom is -0.350 e. The Balaban J connectivity index is 2.18. The Labute approximate surface area is 168 Å². The number of rotatable bonds is 7. The molecular formula is C22H33N3O3. The molecule has 1 heterocycles. The van der Waals surface area contributed by atoms with Crippen molar-refractivity contribution >= 4 is 17.8 Å². The van der Waals surface area contributed by atoms with Crippen molar-refractivity contribution in [3.05, 3.63) is 35.9 Å². The lowest BCUT2D eigenvalue weighted by Gasteiger charge is -2.33. The highest BCUT2D eigenvalue weighted by molar-refractivity contribution is 6.09. The zero-order chi connectivity index (χ0) is 21.2. The van der Waals surface area contributed by atoms with Crippen LogP contribution in [-0.2, 0) is 15.1 Å². The van der Waals surface area contributed by atoms with Gasteiger partial charge in [-0.15, -0.1) is 0 Å². The summed E-state index contributed by atoms with van der Waals surface area (Å²) in [6.07, 6.45) is 1.98. The monoisotopic (exact) mass is 387 g/mol. The van der Waals surface area contributed by atoms with E-state index in [4.69, 9.17) is 0 Å². The Morgan fingerprint density at radius 2 is 1.71 bits per heavy atom. The fraction of sp³-hybridized carbons (Fsp3) is 0.591. The first kappa shape index (κ1) is 21.9. The third-order valence-electron chi connectivity index (χ3n) is 4.82. The molecule has 1 saturated heterocycles. The number of nitrogens with one attached hydrogen (secondary N) is 2. The van der Waals surface area contributed by atoms with E-state index in [0.29, 0.717) is 6.42 Å². The molecule has 6 nitrogen and oxygen atoms in total. The highest BCUT2D eigenvalue weighted by Gasteiger charge is 2.52. The van der Waals surface area contributed by atoms with Gasteiger partial charge in [0.05, 0.1) is 0 Å². The van der Waals surface area contributed by atoms with Crippen molar-refractivity contribution in [2.24, 2.45) is 5.41 Å². The van der Waals surface area contributed by atoms with E-state index in [1.54, 1.807) is 0 Å². The third kappa shape index (κ3) is 4.91. The first-order valence-electron chi connectivity index (χ1n) is 9.91. The van der Waals surface area contributed by atoms with E-state index in [-0.39, 0.29) is 23.8 Å². The largest absolute Gasteiger partial charge is 0.350 e. The van der Waals surface area contributed by atoms with Crippen LogP contribution in [0.3, 0.4) is 0 Å². The van der Waals surface area contributed by atoms with Crippen molar-refractivity contribution in [3.8, 4) is 0 Å². The number of hydrogen-bond acceptors (Lipinski definition) is 3. The van der Waals surface area contributed by atoms with Crippen LogP contribution < -0.4 is 10.6 Å². The maximum atomic E-state index is 13.2. The standard InChI is InChI=1S/C22H33N3O3/c1-7-13-22(16-11-9-8-10-12-16)18(27)25(19(28)24-22)14-17(26)23-21(5,6)15-20(2,3)4/h8-12H,7,13-15H2,1-6H3,(H,23,26)(H,24,28)/t22-/m0/s1. The Morgan fingerprint density at radius 3 is 2.25 bits per heavy atom. The Kier molecular flexibility index (Phi) is 6.21. The molecule has 154 valence electrons. The summed E-state index contributed by atoms with van der Waals surface area (Å²) in [7, 11) is 0. The minimum atomic E-state index is -1.10. The van der Waals surface area contributed by atoms with E-state index in [0.717, 1.165) is 23.3 Å². The molecule has 1 aliphatic heterocycles. The van der Waals surface area contributed by atoms with Gasteiger partial charge in [-0.05, 0) is 37.7 Å². The Bertz CT molecular complexity index is 737. The molecule has 0 saturated carbocycles. The Morgan fingerprint density at radius 1 is 1.11 bits per heavy atom. The number of carbonyl (C=O) groups excluding carboxylic acids is 3. The second-order valence-corrected chi connectivity index (χ2v) is 9.51. The summed E-state index contributed by atoms with van der Waals surface area (Å²) in [6.45, 7) is 11.9. The van der Waals surface area contributed by atoms with Gasteiger partial charge in [0.1, 0.15) is 12.1 Å². The van der Waals surface area contributed by atoms with Crippen molar-refractivity contribution in [3.63, 3.8) is 0 Å². The van der Waals surface area contributed by atoms with Crippen LogP contribution in [0.15, 0.2) is 30.3 Å². The van der Waals surface area contributed by atoms with E-state index < -0.39 is 17.1 Å². The van der Waals surface area contributed by atoms with Crippen LogP contribution in [0.4, 0.5) is 4.79 Å². The average Bonchev–Trinajstić information content (AvgIpc) is 2.78. The second kappa shape index (κ2) is 7.94. The van der Waals surface area contributed by atoms with E-state index in [9.17, 15) is 14.4 Å². The first-order chi connectivity index (χ1) is 12.9. The zero-order valence-corrected chi connectivity index (χ0v) is 17.9. The van der Waals surface area contributed by atoms with Crippen molar-refractivity contribution in [2.75, 3.05) is 6.54 Å². The van der Waals surface area contributed by atoms with Gasteiger partial charge in [-0.3, -0.25) is 14.5 Å². The lowest BCUT2D eigenvalue weighted by Crippen LogP contribution is -2.50. The normalized spacial score (nSPS) is 20.3. The van der Waals surface area contributed by atoms with Gasteiger partial charge in [0.25, 0.3) is 5.91 Å². The summed E-state index contributed by atoms with van der Waals surface area (Å²) in [5, 5.41) is 5.82. The molecule has 4 amide bonds. The smallest absolute Gasteiger partial charge is 0.325 e. The van der Waals surface area contributed by atoms with Gasteiger partial charge >= 0.3 is 6.03 Å². The molecule has 0 spiro atoms. The molecule has 2 rings (SSSR count). The topological polar surface area (TPSA) is 78.5 Å². The summed E-state index contributed by atoms with van der Waals surface area (Å²) in [5.41, 5.74) is -0.754. The van der Waals surface area contributed by atoms with Crippen LogP contribution >= 0.6 is 0 Å². The molecule has 0 unspecified atom stereocenters. The summed E-state index contributed by atoms with van der Waals surface area (Å²) in [4.78, 5) is 39.5. The number of nitrogens with zero attached hydrogens (tertiary/aromatic N) is 1. The number of imide groups is 1. The molecule has 1 aliphatic rings. The number of carbonyl (C=O) groups is 3. The number of urea groups is 1. The molecule has 6 heteroatoms.